The van der Waals surface area contributed by atoms with Gasteiger partial charge in [-0.2, -0.15) is 0 Å². The molecule has 2 aromatic carbocycles. The summed E-state index contributed by atoms with van der Waals surface area (Å²) >= 11 is 1.06. The highest BCUT2D eigenvalue weighted by molar-refractivity contribution is 7.99. The van der Waals surface area contributed by atoms with Crippen molar-refractivity contribution < 1.29 is 9.31 Å². The monoisotopic (exact) mass is 306 g/mol. The molecule has 0 aliphatic heterocycles. The maximum atomic E-state index is 13.7. The first-order valence-electron chi connectivity index (χ1n) is 6.57. The first kappa shape index (κ1) is 15.3. The molecule has 110 valence electrons. The van der Waals surface area contributed by atoms with Crippen molar-refractivity contribution in [2.45, 2.75) is 23.1 Å². The summed E-state index contributed by atoms with van der Waals surface area (Å²) < 4.78 is 13.7. The van der Waals surface area contributed by atoms with Crippen molar-refractivity contribution in [1.82, 2.24) is 0 Å². The van der Waals surface area contributed by atoms with Gasteiger partial charge in [0.05, 0.1) is 9.82 Å². The molecule has 21 heavy (non-hydrogen) atoms. The Morgan fingerprint density at radius 3 is 2.57 bits per heavy atom. The van der Waals surface area contributed by atoms with E-state index in [9.17, 15) is 14.5 Å². The molecule has 0 heterocycles. The van der Waals surface area contributed by atoms with Gasteiger partial charge in [-0.1, -0.05) is 36.9 Å². The number of anilines is 1. The zero-order chi connectivity index (χ0) is 15.2. The van der Waals surface area contributed by atoms with Crippen molar-refractivity contribution in [2.75, 3.05) is 11.9 Å². The van der Waals surface area contributed by atoms with Gasteiger partial charge in [-0.25, -0.2) is 4.39 Å². The van der Waals surface area contributed by atoms with Gasteiger partial charge in [0.2, 0.25) is 0 Å². The number of nitro benzene ring substituents is 1. The molecule has 0 amide bonds. The summed E-state index contributed by atoms with van der Waals surface area (Å²) in [4.78, 5) is 11.7. The molecule has 0 saturated heterocycles. The number of halogens is 1. The Balaban J connectivity index is 2.39. The van der Waals surface area contributed by atoms with E-state index in [0.29, 0.717) is 22.0 Å². The lowest BCUT2D eigenvalue weighted by Crippen LogP contribution is -2.04. The number of benzene rings is 2. The molecule has 0 unspecified atom stereocenters. The lowest BCUT2D eigenvalue weighted by molar-refractivity contribution is -0.386. The molecule has 0 atom stereocenters. The first-order chi connectivity index (χ1) is 10.1. The van der Waals surface area contributed by atoms with E-state index in [1.54, 1.807) is 36.4 Å². The molecular formula is C15H15FN2O2S. The zero-order valence-corrected chi connectivity index (χ0v) is 12.3. The number of hydrogen-bond acceptors (Lipinski definition) is 4. The summed E-state index contributed by atoms with van der Waals surface area (Å²) in [7, 11) is 0. The van der Waals surface area contributed by atoms with E-state index < -0.39 is 4.92 Å². The summed E-state index contributed by atoms with van der Waals surface area (Å²) in [6.07, 6.45) is 0.863. The molecule has 0 spiro atoms. The Morgan fingerprint density at radius 2 is 1.90 bits per heavy atom. The fourth-order valence-electron chi connectivity index (χ4n) is 1.84. The summed E-state index contributed by atoms with van der Waals surface area (Å²) in [6.45, 7) is 2.63. The smallest absolute Gasteiger partial charge is 0.306 e. The molecular weight excluding hydrogens is 291 g/mol. The third-order valence-electron chi connectivity index (χ3n) is 2.80. The number of nitrogens with zero attached hydrogens (tertiary/aromatic N) is 1. The van der Waals surface area contributed by atoms with Gasteiger partial charge in [0.1, 0.15) is 11.5 Å². The molecule has 4 nitrogen and oxygen atoms in total. The van der Waals surface area contributed by atoms with E-state index >= 15 is 0 Å². The summed E-state index contributed by atoms with van der Waals surface area (Å²) in [5.41, 5.74) is 0.447. The van der Waals surface area contributed by atoms with E-state index in [1.165, 1.54) is 6.07 Å². The standard InChI is InChI=1S/C15H15FN2O2S/c1-2-10-17-12-7-5-9-14(15(12)18(19)20)21-13-8-4-3-6-11(13)16/h3-9,17H,2,10H2,1H3. The third-order valence-corrected chi connectivity index (χ3v) is 3.90. The molecule has 0 aliphatic carbocycles. The van der Waals surface area contributed by atoms with Crippen LogP contribution in [-0.2, 0) is 0 Å². The Morgan fingerprint density at radius 1 is 1.19 bits per heavy atom. The second kappa shape index (κ2) is 7.08. The second-order valence-corrected chi connectivity index (χ2v) is 5.45. The molecule has 0 fully saturated rings. The van der Waals surface area contributed by atoms with Crippen LogP contribution in [0, 0.1) is 15.9 Å². The maximum Gasteiger partial charge on any atom is 0.306 e. The Kier molecular flexibility index (Phi) is 5.16. The van der Waals surface area contributed by atoms with E-state index in [0.717, 1.165) is 18.2 Å². The van der Waals surface area contributed by atoms with Crippen molar-refractivity contribution >= 4 is 23.1 Å². The van der Waals surface area contributed by atoms with Crippen LogP contribution in [0.25, 0.3) is 0 Å². The predicted molar refractivity (Wildman–Crippen MR) is 82.4 cm³/mol. The number of nitro groups is 1. The van der Waals surface area contributed by atoms with Crippen LogP contribution in [0.2, 0.25) is 0 Å². The van der Waals surface area contributed by atoms with Crippen LogP contribution in [0.1, 0.15) is 13.3 Å². The third kappa shape index (κ3) is 3.72. The lowest BCUT2D eigenvalue weighted by Gasteiger charge is -2.09. The highest BCUT2D eigenvalue weighted by Gasteiger charge is 2.20. The summed E-state index contributed by atoms with van der Waals surface area (Å²) in [6, 6.07) is 11.3. The van der Waals surface area contributed by atoms with E-state index in [2.05, 4.69) is 5.32 Å². The van der Waals surface area contributed by atoms with Crippen molar-refractivity contribution in [3.63, 3.8) is 0 Å². The quantitative estimate of drug-likeness (QED) is 0.620. The van der Waals surface area contributed by atoms with Crippen LogP contribution in [0.5, 0.6) is 0 Å². The van der Waals surface area contributed by atoms with Crippen LogP contribution in [-0.4, -0.2) is 11.5 Å². The van der Waals surface area contributed by atoms with Crippen molar-refractivity contribution in [2.24, 2.45) is 0 Å². The van der Waals surface area contributed by atoms with E-state index in [4.69, 9.17) is 0 Å². The topological polar surface area (TPSA) is 55.2 Å². The molecule has 0 aromatic heterocycles. The normalized spacial score (nSPS) is 10.4. The Hall–Kier alpha value is -2.08. The number of para-hydroxylation sites is 1. The average molecular weight is 306 g/mol. The van der Waals surface area contributed by atoms with Gasteiger partial charge in [0, 0.05) is 11.4 Å². The van der Waals surface area contributed by atoms with Crippen molar-refractivity contribution in [3.8, 4) is 0 Å². The number of rotatable bonds is 6. The van der Waals surface area contributed by atoms with Crippen molar-refractivity contribution in [3.05, 3.63) is 58.4 Å². The average Bonchev–Trinajstić information content (AvgIpc) is 2.47. The minimum absolute atomic E-state index is 0.0146. The minimum atomic E-state index is -0.429. The fraction of sp³-hybridized carbons (Fsp3) is 0.200. The molecule has 0 radical (unpaired) electrons. The van der Waals surface area contributed by atoms with Gasteiger partial charge in [-0.05, 0) is 30.7 Å². The van der Waals surface area contributed by atoms with Gasteiger partial charge in [-0.3, -0.25) is 10.1 Å². The van der Waals surface area contributed by atoms with Crippen molar-refractivity contribution in [1.29, 1.82) is 0 Å². The lowest BCUT2D eigenvalue weighted by atomic mass is 10.2. The molecule has 1 N–H and O–H groups in total. The van der Waals surface area contributed by atoms with Gasteiger partial charge in [-0.15, -0.1) is 0 Å². The first-order valence-corrected chi connectivity index (χ1v) is 7.38. The maximum absolute atomic E-state index is 13.7. The van der Waals surface area contributed by atoms with Crippen LogP contribution in [0.3, 0.4) is 0 Å². The van der Waals surface area contributed by atoms with E-state index in [1.807, 2.05) is 6.92 Å². The van der Waals surface area contributed by atoms with Gasteiger partial charge in [0.25, 0.3) is 0 Å². The fourth-order valence-corrected chi connectivity index (χ4v) is 2.82. The number of nitrogens with one attached hydrogen (secondary N) is 1. The zero-order valence-electron chi connectivity index (χ0n) is 11.5. The van der Waals surface area contributed by atoms with Crippen LogP contribution >= 0.6 is 11.8 Å². The van der Waals surface area contributed by atoms with E-state index in [-0.39, 0.29) is 11.5 Å². The highest BCUT2D eigenvalue weighted by Crippen LogP contribution is 2.39. The minimum Gasteiger partial charge on any atom is -0.379 e. The predicted octanol–water partition coefficient (Wildman–Crippen LogP) is 4.71. The second-order valence-electron chi connectivity index (χ2n) is 4.37. The number of hydrogen-bond donors (Lipinski definition) is 1. The Labute approximate surface area is 126 Å². The molecule has 0 aliphatic rings. The largest absolute Gasteiger partial charge is 0.379 e. The molecule has 0 bridgehead atoms. The molecule has 6 heteroatoms. The van der Waals surface area contributed by atoms with Gasteiger partial charge in [0.15, 0.2) is 0 Å². The van der Waals surface area contributed by atoms with Crippen LogP contribution in [0.4, 0.5) is 15.8 Å². The van der Waals surface area contributed by atoms with Crippen LogP contribution < -0.4 is 5.32 Å². The molecule has 2 rings (SSSR count). The molecule has 2 aromatic rings. The Bertz CT molecular complexity index is 649. The van der Waals surface area contributed by atoms with Gasteiger partial charge < -0.3 is 5.32 Å². The van der Waals surface area contributed by atoms with Crippen LogP contribution in [0.15, 0.2) is 52.3 Å². The SMILES string of the molecule is CCCNc1cccc(Sc2ccccc2F)c1[N+](=O)[O-]. The molecule has 0 saturated carbocycles. The summed E-state index contributed by atoms with van der Waals surface area (Å²) in [5.74, 6) is -0.385. The summed E-state index contributed by atoms with van der Waals surface area (Å²) in [5, 5.41) is 14.4. The van der Waals surface area contributed by atoms with Gasteiger partial charge >= 0.3 is 5.69 Å². The highest BCUT2D eigenvalue weighted by atomic mass is 32.2.